The van der Waals surface area contributed by atoms with Gasteiger partial charge in [0.1, 0.15) is 0 Å². The molecule has 112 valence electrons. The molecular weight excluding hydrogens is 361 g/mol. The van der Waals surface area contributed by atoms with Gasteiger partial charge in [-0.05, 0) is 41.9 Å². The number of rotatable bonds is 3. The van der Waals surface area contributed by atoms with Gasteiger partial charge in [0.15, 0.2) is 0 Å². The van der Waals surface area contributed by atoms with E-state index in [1.165, 1.54) is 6.07 Å². The Bertz CT molecular complexity index is 995. The third-order valence-electron chi connectivity index (χ3n) is 2.64. The summed E-state index contributed by atoms with van der Waals surface area (Å²) in [7, 11) is -8.96. The van der Waals surface area contributed by atoms with Gasteiger partial charge in [-0.3, -0.25) is 9.11 Å². The molecule has 0 fully saturated rings. The maximum absolute atomic E-state index is 11.2. The molecule has 0 bridgehead atoms. The molecule has 0 aliphatic rings. The zero-order valence-corrected chi connectivity index (χ0v) is 15.5. The van der Waals surface area contributed by atoms with Crippen LogP contribution in [-0.4, -0.2) is 31.1 Å². The summed E-state index contributed by atoms with van der Waals surface area (Å²) in [5.41, 5.74) is 0.0945. The van der Waals surface area contributed by atoms with E-state index >= 15 is 0 Å². The molecular formula is C11H8NNaO6S3. The Balaban J connectivity index is 0.00000242. The topological polar surface area (TPSA) is 121 Å². The maximum atomic E-state index is 11.2. The predicted octanol–water partition coefficient (Wildman–Crippen LogP) is -0.816. The van der Waals surface area contributed by atoms with E-state index in [4.69, 9.17) is 9.11 Å². The number of thiocarbonyl (C=S) groups is 1. The molecule has 0 amide bonds. The summed E-state index contributed by atoms with van der Waals surface area (Å²) in [4.78, 5) is 2.78. The van der Waals surface area contributed by atoms with Gasteiger partial charge >= 0.3 is 29.6 Å². The van der Waals surface area contributed by atoms with Crippen LogP contribution in [0.5, 0.6) is 0 Å². The van der Waals surface area contributed by atoms with E-state index in [1.807, 2.05) is 0 Å². The van der Waals surface area contributed by atoms with Crippen molar-refractivity contribution in [1.29, 1.82) is 0 Å². The van der Waals surface area contributed by atoms with Gasteiger partial charge < -0.3 is 1.43 Å². The molecule has 2 aromatic rings. The van der Waals surface area contributed by atoms with E-state index in [-0.39, 0.29) is 42.1 Å². The van der Waals surface area contributed by atoms with Crippen molar-refractivity contribution in [1.82, 2.24) is 0 Å². The van der Waals surface area contributed by atoms with Crippen molar-refractivity contribution in [3.63, 3.8) is 0 Å². The van der Waals surface area contributed by atoms with E-state index in [9.17, 15) is 16.8 Å². The second-order valence-corrected chi connectivity index (χ2v) is 7.00. The Morgan fingerprint density at radius 3 is 2.05 bits per heavy atom. The molecule has 2 rings (SSSR count). The summed E-state index contributed by atoms with van der Waals surface area (Å²) in [5, 5.41) is 2.59. The number of fused-ring (bicyclic) bond motifs is 1. The molecule has 11 heteroatoms. The van der Waals surface area contributed by atoms with Crippen molar-refractivity contribution in [3.05, 3.63) is 30.3 Å². The Labute approximate surface area is 155 Å². The Kier molecular flexibility index (Phi) is 6.01. The third kappa shape index (κ3) is 4.19. The Hall–Kier alpha value is -0.680. The molecule has 0 atom stereocenters. The van der Waals surface area contributed by atoms with Gasteiger partial charge in [0, 0.05) is 5.39 Å². The second-order valence-electron chi connectivity index (χ2n) is 3.98. The molecule has 0 unspecified atom stereocenters. The van der Waals surface area contributed by atoms with Crippen LogP contribution in [0, 0.1) is 0 Å². The Morgan fingerprint density at radius 2 is 1.55 bits per heavy atom. The van der Waals surface area contributed by atoms with Crippen LogP contribution in [0.15, 0.2) is 45.1 Å². The second kappa shape index (κ2) is 6.83. The number of isothiocyanates is 1. The maximum Gasteiger partial charge on any atom is 1.00 e. The van der Waals surface area contributed by atoms with Crippen molar-refractivity contribution < 1.29 is 56.9 Å². The normalized spacial score (nSPS) is 11.5. The molecule has 0 heterocycles. The monoisotopic (exact) mass is 369 g/mol. The minimum absolute atomic E-state index is 0. The SMILES string of the molecule is O=S(=O)(O)c1ccc2c(N=C=S)cc(S(=O)(=O)O)cc2c1.[H-].[Na+]. The standard InChI is InChI=1S/C11H7NO6S3.Na.H/c13-20(14,15)8-1-2-10-7(3-8)4-9(21(16,17)18)5-11(10)12-6-19;;/h1-5H,(H,13,14,15)(H,16,17,18);;/q;+1;-1. The van der Waals surface area contributed by atoms with Crippen LogP contribution in [-0.2, 0) is 20.2 Å². The van der Waals surface area contributed by atoms with Crippen LogP contribution < -0.4 is 29.6 Å². The first-order chi connectivity index (χ1) is 9.63. The number of hydrogen-bond donors (Lipinski definition) is 2. The van der Waals surface area contributed by atoms with Crippen molar-refractivity contribution in [2.45, 2.75) is 9.79 Å². The number of benzene rings is 2. The molecule has 0 aliphatic carbocycles. The zero-order chi connectivity index (χ0) is 15.8. The van der Waals surface area contributed by atoms with Crippen LogP contribution in [0.2, 0.25) is 0 Å². The van der Waals surface area contributed by atoms with Crippen LogP contribution in [0.25, 0.3) is 10.8 Å². The van der Waals surface area contributed by atoms with Crippen LogP contribution in [0.4, 0.5) is 5.69 Å². The molecule has 0 aliphatic heterocycles. The van der Waals surface area contributed by atoms with Crippen LogP contribution in [0.1, 0.15) is 1.43 Å². The van der Waals surface area contributed by atoms with Gasteiger partial charge in [-0.2, -0.15) is 21.8 Å². The fourth-order valence-electron chi connectivity index (χ4n) is 1.75. The fraction of sp³-hybridized carbons (Fsp3) is 0. The minimum atomic E-state index is -4.52. The van der Waals surface area contributed by atoms with Gasteiger partial charge in [-0.25, -0.2) is 0 Å². The first-order valence-corrected chi connectivity index (χ1v) is 8.52. The van der Waals surface area contributed by atoms with Crippen molar-refractivity contribution in [2.75, 3.05) is 0 Å². The average Bonchev–Trinajstić information content (AvgIpc) is 2.36. The summed E-state index contributed by atoms with van der Waals surface area (Å²) >= 11 is 4.45. The van der Waals surface area contributed by atoms with E-state index in [2.05, 4.69) is 22.4 Å². The largest absolute Gasteiger partial charge is 1.00 e. The van der Waals surface area contributed by atoms with Gasteiger partial charge in [-0.15, -0.1) is 0 Å². The molecule has 0 aromatic heterocycles. The molecule has 2 aromatic carbocycles. The molecule has 0 spiro atoms. The smallest absolute Gasteiger partial charge is 1.00 e. The first kappa shape index (κ1) is 19.4. The van der Waals surface area contributed by atoms with E-state index in [1.54, 1.807) is 0 Å². The van der Waals surface area contributed by atoms with Gasteiger partial charge in [0.2, 0.25) is 0 Å². The molecule has 7 nitrogen and oxygen atoms in total. The van der Waals surface area contributed by atoms with E-state index in [0.29, 0.717) is 5.39 Å². The number of aliphatic imine (C=N–C) groups is 1. The van der Waals surface area contributed by atoms with Crippen LogP contribution >= 0.6 is 12.2 Å². The molecule has 2 N–H and O–H groups in total. The first-order valence-electron chi connectivity index (χ1n) is 5.23. The third-order valence-corrected chi connectivity index (χ3v) is 4.41. The summed E-state index contributed by atoms with van der Waals surface area (Å²) in [6.07, 6.45) is 0. The Morgan fingerprint density at radius 1 is 1.00 bits per heavy atom. The summed E-state index contributed by atoms with van der Waals surface area (Å²) < 4.78 is 62.7. The van der Waals surface area contributed by atoms with Gasteiger partial charge in [0.25, 0.3) is 20.2 Å². The van der Waals surface area contributed by atoms with Crippen molar-refractivity contribution in [2.24, 2.45) is 4.99 Å². The van der Waals surface area contributed by atoms with E-state index in [0.717, 1.165) is 24.3 Å². The summed E-state index contributed by atoms with van der Waals surface area (Å²) in [6.45, 7) is 0. The van der Waals surface area contributed by atoms with Crippen molar-refractivity contribution in [3.8, 4) is 0 Å². The quantitative estimate of drug-likeness (QED) is 0.314. The van der Waals surface area contributed by atoms with Gasteiger partial charge in [0.05, 0.1) is 20.6 Å². The van der Waals surface area contributed by atoms with E-state index < -0.39 is 30.0 Å². The van der Waals surface area contributed by atoms with Crippen LogP contribution in [0.3, 0.4) is 0 Å². The molecule has 0 radical (unpaired) electrons. The van der Waals surface area contributed by atoms with Gasteiger partial charge in [-0.1, -0.05) is 6.07 Å². The number of hydrogen-bond acceptors (Lipinski definition) is 6. The minimum Gasteiger partial charge on any atom is -1.00 e. The zero-order valence-electron chi connectivity index (χ0n) is 12.1. The number of nitrogens with zero attached hydrogens (tertiary/aromatic N) is 1. The summed E-state index contributed by atoms with van der Waals surface area (Å²) in [6, 6.07) is 5.65. The summed E-state index contributed by atoms with van der Waals surface area (Å²) in [5.74, 6) is 0. The molecule has 0 saturated carbocycles. The average molecular weight is 369 g/mol. The molecule has 22 heavy (non-hydrogen) atoms. The molecule has 0 saturated heterocycles. The fourth-order valence-corrected chi connectivity index (χ4v) is 2.90. The van der Waals surface area contributed by atoms with Crippen molar-refractivity contribution >= 4 is 54.1 Å². The predicted molar refractivity (Wildman–Crippen MR) is 79.4 cm³/mol.